The Balaban J connectivity index is 0.817. The fraction of sp³-hybridized carbons (Fsp3) is 0.653. The molecule has 0 aromatic heterocycles. The van der Waals surface area contributed by atoms with Crippen molar-refractivity contribution < 1.29 is 81.9 Å². The summed E-state index contributed by atoms with van der Waals surface area (Å²) < 4.78 is 54.6. The summed E-state index contributed by atoms with van der Waals surface area (Å²) in [7, 11) is 1.49. The van der Waals surface area contributed by atoms with Crippen LogP contribution in [0.25, 0.3) is 11.1 Å². The van der Waals surface area contributed by atoms with Crippen molar-refractivity contribution in [3.8, 4) is 16.9 Å². The lowest BCUT2D eigenvalue weighted by atomic mass is 9.44. The Morgan fingerprint density at radius 1 is 0.769 bits per heavy atom. The zero-order valence-corrected chi connectivity index (χ0v) is 54.9. The Hall–Kier alpha value is -5.93. The third-order valence-electron chi connectivity index (χ3n) is 21.6. The molecule has 5 N–H and O–H groups in total. The van der Waals surface area contributed by atoms with Gasteiger partial charge < -0.3 is 68.6 Å². The van der Waals surface area contributed by atoms with Crippen molar-refractivity contribution in [1.29, 1.82) is 0 Å². The number of aliphatic hydroxyl groups is 3. The van der Waals surface area contributed by atoms with Gasteiger partial charge >= 0.3 is 24.1 Å². The second-order valence-electron chi connectivity index (χ2n) is 27.4. The summed E-state index contributed by atoms with van der Waals surface area (Å²) in [4.78, 5) is 67.4. The van der Waals surface area contributed by atoms with Crippen LogP contribution in [0.5, 0.6) is 5.75 Å². The molecule has 16 atom stereocenters. The molecule has 4 fully saturated rings. The highest BCUT2D eigenvalue weighted by atomic mass is 16.7. The van der Waals surface area contributed by atoms with Gasteiger partial charge in [-0.1, -0.05) is 115 Å². The van der Waals surface area contributed by atoms with Gasteiger partial charge in [-0.15, -0.1) is 0 Å². The number of unbranched alkanes of at least 4 members (excludes halogenated alkanes) is 3. The lowest BCUT2D eigenvalue weighted by Crippen LogP contribution is -2.58. The van der Waals surface area contributed by atoms with Gasteiger partial charge in [0.2, 0.25) is 0 Å². The highest BCUT2D eigenvalue weighted by Crippen LogP contribution is 2.66. The number of aliphatic hydroxyl groups excluding tert-OH is 3. The molecule has 3 aromatic carbocycles. The van der Waals surface area contributed by atoms with Gasteiger partial charge in [0.15, 0.2) is 30.9 Å². The number of carbonyl (C=O) groups excluding carboxylic acids is 5. The first-order chi connectivity index (χ1) is 43.6. The first-order valence-corrected chi connectivity index (χ1v) is 33.5. The number of hydrogen-bond donors (Lipinski definition) is 5. The van der Waals surface area contributed by atoms with Gasteiger partial charge in [0, 0.05) is 50.1 Å². The van der Waals surface area contributed by atoms with Crippen LogP contribution >= 0.6 is 0 Å². The minimum Gasteiger partial charge on any atom is -0.497 e. The van der Waals surface area contributed by atoms with Gasteiger partial charge in [0.1, 0.15) is 30.3 Å². The number of fused-ring (bicyclic) bond motifs is 6. The minimum absolute atomic E-state index is 0.0341. The van der Waals surface area contributed by atoms with Crippen molar-refractivity contribution in [1.82, 2.24) is 10.6 Å². The number of benzene rings is 3. The average molecular weight is 1270 g/mol. The number of allylic oxidation sites excluding steroid dienone is 1. The molecule has 2 saturated carbocycles. The summed E-state index contributed by atoms with van der Waals surface area (Å²) in [6.45, 7) is 16.4. The van der Waals surface area contributed by atoms with E-state index in [-0.39, 0.29) is 60.4 Å². The molecular weight excluding hydrogens is 1160 g/mol. The van der Waals surface area contributed by atoms with Crippen LogP contribution in [0.4, 0.5) is 9.59 Å². The van der Waals surface area contributed by atoms with Crippen molar-refractivity contribution in [2.45, 2.75) is 219 Å². The van der Waals surface area contributed by atoms with Gasteiger partial charge in [0.05, 0.1) is 44.2 Å². The van der Waals surface area contributed by atoms with Crippen LogP contribution in [0, 0.1) is 39.9 Å². The standard InChI is InChI=1S/C72H100N2O17/c1-10-72-34-31-50(76)37-49(72)27-24-48-39-70(7,33-32-57(48)72)71(8,44(4)58(77)30-23-43(2)3)45(5)87-66-61(88-46(6)75)38-60(59(78)41-84-66)89-67-64(91-65(80)47-25-28-51(83-9)29-26-47)63(79)62(42-85-67)90-69(82)74-36-18-12-11-17-35-73-68(81)86-40-56-54-21-15-13-19-52(54)53-20-14-16-22-55(53)56/h13-16,19-22,25-29,43-45,48,50,56-57,59-64,66-67,76,78-79H,10-12,17-18,23-24,30-42H2,1-9H3,(H,73,81)(H,74,82). The van der Waals surface area contributed by atoms with E-state index in [4.69, 9.17) is 42.6 Å². The number of ether oxygens (including phenoxy) is 9. The van der Waals surface area contributed by atoms with Crippen LogP contribution in [0.3, 0.4) is 0 Å². The second-order valence-corrected chi connectivity index (χ2v) is 27.4. The molecule has 2 aliphatic heterocycles. The van der Waals surface area contributed by atoms with E-state index in [2.05, 4.69) is 75.6 Å². The van der Waals surface area contributed by atoms with Gasteiger partial charge in [0.25, 0.3) is 0 Å². The van der Waals surface area contributed by atoms with Gasteiger partial charge in [-0.3, -0.25) is 9.59 Å². The molecule has 4 aliphatic carbocycles. The monoisotopic (exact) mass is 1260 g/mol. The molecule has 19 nitrogen and oxygen atoms in total. The normalized spacial score (nSPS) is 30.1. The van der Waals surface area contributed by atoms with E-state index in [1.54, 1.807) is 12.1 Å². The average Bonchev–Trinajstić information content (AvgIpc) is 1.38. The quantitative estimate of drug-likeness (QED) is 0.0217. The first-order valence-electron chi connectivity index (χ1n) is 33.5. The minimum atomic E-state index is -1.69. The zero-order chi connectivity index (χ0) is 65.2. The maximum absolute atomic E-state index is 14.5. The number of carbonyl (C=O) groups is 5. The molecule has 0 bridgehead atoms. The molecule has 0 radical (unpaired) electrons. The molecule has 16 unspecified atom stereocenters. The van der Waals surface area contributed by atoms with E-state index < -0.39 is 97.4 Å². The first kappa shape index (κ1) is 69.4. The molecule has 91 heavy (non-hydrogen) atoms. The van der Waals surface area contributed by atoms with E-state index in [1.807, 2.05) is 38.1 Å². The molecule has 500 valence electrons. The SMILES string of the molecule is CCC12CCC(O)CC1=CCC1CC(C)(C(C)(C(C)OC3OCC(O)C(OC4OCC(OC(=O)NCCCCCCNC(=O)OCC5c6ccccc6-c6ccccc65)C(O)C4OC(=O)c4ccc(OC)cc4)CC3OC(C)=O)C(C)C(=O)CCC(C)C)CCC12. The van der Waals surface area contributed by atoms with Crippen LogP contribution < -0.4 is 15.4 Å². The van der Waals surface area contributed by atoms with E-state index in [0.717, 1.165) is 92.9 Å². The Kier molecular flexibility index (Phi) is 23.6. The maximum atomic E-state index is 14.5. The topological polar surface area (TPSA) is 253 Å². The predicted octanol–water partition coefficient (Wildman–Crippen LogP) is 11.3. The Morgan fingerprint density at radius 3 is 2.08 bits per heavy atom. The van der Waals surface area contributed by atoms with Crippen molar-refractivity contribution in [3.05, 3.63) is 101 Å². The molecule has 2 amide bonds. The van der Waals surface area contributed by atoms with Crippen molar-refractivity contribution in [3.63, 3.8) is 0 Å². The highest BCUT2D eigenvalue weighted by Gasteiger charge is 2.60. The fourth-order valence-electron chi connectivity index (χ4n) is 16.0. The molecule has 2 heterocycles. The molecular formula is C72H100N2O17. The van der Waals surface area contributed by atoms with E-state index in [9.17, 15) is 39.3 Å². The van der Waals surface area contributed by atoms with Crippen LogP contribution in [0.15, 0.2) is 84.4 Å². The molecule has 9 rings (SSSR count). The number of ketones is 1. The summed E-state index contributed by atoms with van der Waals surface area (Å²) in [6.07, 6.45) is -0.130. The highest BCUT2D eigenvalue weighted by molar-refractivity contribution is 5.89. The van der Waals surface area contributed by atoms with E-state index in [0.29, 0.717) is 49.3 Å². The van der Waals surface area contributed by atoms with Crippen LogP contribution in [0.2, 0.25) is 0 Å². The Bertz CT molecular complexity index is 2940. The molecule has 3 aromatic rings. The van der Waals surface area contributed by atoms with Gasteiger partial charge in [-0.2, -0.15) is 0 Å². The van der Waals surface area contributed by atoms with Crippen molar-refractivity contribution >= 4 is 29.9 Å². The zero-order valence-electron chi connectivity index (χ0n) is 54.9. The van der Waals surface area contributed by atoms with E-state index >= 15 is 0 Å². The lowest BCUT2D eigenvalue weighted by Gasteiger charge is -2.61. The molecule has 19 heteroatoms. The molecule has 0 spiro atoms. The number of methoxy groups -OCH3 is 1. The summed E-state index contributed by atoms with van der Waals surface area (Å²) in [5.74, 6) is -0.180. The Morgan fingerprint density at radius 2 is 1.43 bits per heavy atom. The molecule has 2 saturated heterocycles. The predicted molar refractivity (Wildman–Crippen MR) is 340 cm³/mol. The third kappa shape index (κ3) is 15.8. The number of nitrogens with one attached hydrogen (secondary N) is 2. The summed E-state index contributed by atoms with van der Waals surface area (Å²) in [5, 5.41) is 40.2. The molecule has 6 aliphatic rings. The van der Waals surface area contributed by atoms with Crippen LogP contribution in [-0.2, 0) is 47.5 Å². The number of Topliss-reactive ketones (excluding diaryl/α,β-unsaturated/α-hetero) is 1. The smallest absolute Gasteiger partial charge is 0.407 e. The summed E-state index contributed by atoms with van der Waals surface area (Å²) in [6, 6.07) is 22.5. The number of amides is 2. The number of hydrogen-bond acceptors (Lipinski definition) is 17. The third-order valence-corrected chi connectivity index (χ3v) is 21.6. The van der Waals surface area contributed by atoms with Crippen LogP contribution in [0.1, 0.15) is 179 Å². The number of rotatable bonds is 26. The van der Waals surface area contributed by atoms with Gasteiger partial charge in [-0.05, 0) is 153 Å². The fourth-order valence-corrected chi connectivity index (χ4v) is 16.0. The lowest BCUT2D eigenvalue weighted by molar-refractivity contribution is -0.290. The largest absolute Gasteiger partial charge is 0.497 e. The Labute approximate surface area is 537 Å². The summed E-state index contributed by atoms with van der Waals surface area (Å²) >= 11 is 0. The maximum Gasteiger partial charge on any atom is 0.407 e. The van der Waals surface area contributed by atoms with Gasteiger partial charge in [-0.25, -0.2) is 14.4 Å². The van der Waals surface area contributed by atoms with Crippen molar-refractivity contribution in [2.75, 3.05) is 40.0 Å². The number of alkyl carbamates (subject to hydrolysis) is 2. The second kappa shape index (κ2) is 30.9. The number of esters is 2. The summed E-state index contributed by atoms with van der Waals surface area (Å²) in [5.41, 5.74) is 5.02. The van der Waals surface area contributed by atoms with Crippen molar-refractivity contribution in [2.24, 2.45) is 39.9 Å². The van der Waals surface area contributed by atoms with Crippen LogP contribution in [-0.4, -0.2) is 147 Å². The van der Waals surface area contributed by atoms with E-state index in [1.165, 1.54) is 31.7 Å².